The van der Waals surface area contributed by atoms with E-state index in [1.807, 2.05) is 12.5 Å². The van der Waals surface area contributed by atoms with Crippen LogP contribution in [0.15, 0.2) is 24.3 Å². The molecule has 1 rings (SSSR count). The van der Waals surface area contributed by atoms with Gasteiger partial charge >= 0.3 is 0 Å². The van der Waals surface area contributed by atoms with Gasteiger partial charge in [0.05, 0.1) is 0 Å². The Hall–Kier alpha value is -0.850. The molecule has 0 heterocycles. The minimum atomic E-state index is -0.124. The zero-order valence-electron chi connectivity index (χ0n) is 6.68. The van der Waals surface area contributed by atoms with Crippen LogP contribution in [-0.4, -0.2) is 0 Å². The van der Waals surface area contributed by atoms with E-state index in [0.717, 1.165) is 12.8 Å². The Morgan fingerprint density at radius 1 is 1.36 bits per heavy atom. The standard InChI is InChI=1S/C10H12F/c1-2-3-6-9-7-4-5-8-10(9)11/h4-8H,2-3H2,1H3. The minimum absolute atomic E-state index is 0.124. The van der Waals surface area contributed by atoms with Crippen molar-refractivity contribution in [3.63, 3.8) is 0 Å². The number of hydrogen-bond donors (Lipinski definition) is 0. The van der Waals surface area contributed by atoms with Crippen LogP contribution >= 0.6 is 0 Å². The number of benzene rings is 1. The first-order valence-corrected chi connectivity index (χ1v) is 3.92. The Balaban J connectivity index is 2.62. The molecule has 0 aromatic heterocycles. The van der Waals surface area contributed by atoms with Crippen molar-refractivity contribution >= 4 is 0 Å². The van der Waals surface area contributed by atoms with Crippen LogP contribution in [0.2, 0.25) is 0 Å². The van der Waals surface area contributed by atoms with Crippen LogP contribution in [0.3, 0.4) is 0 Å². The van der Waals surface area contributed by atoms with E-state index in [-0.39, 0.29) is 5.82 Å². The first-order chi connectivity index (χ1) is 5.34. The predicted molar refractivity (Wildman–Crippen MR) is 44.7 cm³/mol. The molecule has 1 radical (unpaired) electrons. The molecule has 11 heavy (non-hydrogen) atoms. The van der Waals surface area contributed by atoms with Gasteiger partial charge in [-0.3, -0.25) is 0 Å². The molecule has 0 amide bonds. The zero-order valence-corrected chi connectivity index (χ0v) is 6.68. The van der Waals surface area contributed by atoms with Crippen LogP contribution in [0.1, 0.15) is 25.3 Å². The highest BCUT2D eigenvalue weighted by atomic mass is 19.1. The first-order valence-electron chi connectivity index (χ1n) is 3.92. The summed E-state index contributed by atoms with van der Waals surface area (Å²) in [7, 11) is 0. The van der Waals surface area contributed by atoms with Crippen molar-refractivity contribution in [1.29, 1.82) is 0 Å². The van der Waals surface area contributed by atoms with Gasteiger partial charge < -0.3 is 0 Å². The monoisotopic (exact) mass is 151 g/mol. The van der Waals surface area contributed by atoms with Crippen LogP contribution in [0.5, 0.6) is 0 Å². The number of hydrogen-bond acceptors (Lipinski definition) is 0. The van der Waals surface area contributed by atoms with Gasteiger partial charge in [0.15, 0.2) is 0 Å². The molecule has 0 unspecified atom stereocenters. The number of rotatable bonds is 3. The number of unbranched alkanes of at least 4 members (excludes halogenated alkanes) is 1. The van der Waals surface area contributed by atoms with Gasteiger partial charge in [-0.2, -0.15) is 0 Å². The lowest BCUT2D eigenvalue weighted by atomic mass is 10.1. The fourth-order valence-corrected chi connectivity index (χ4v) is 0.940. The fraction of sp³-hybridized carbons (Fsp3) is 0.300. The summed E-state index contributed by atoms with van der Waals surface area (Å²) in [5.41, 5.74) is 0.717. The van der Waals surface area contributed by atoms with Crippen LogP contribution in [0.4, 0.5) is 4.39 Å². The van der Waals surface area contributed by atoms with Crippen molar-refractivity contribution in [2.24, 2.45) is 0 Å². The molecule has 0 saturated heterocycles. The van der Waals surface area contributed by atoms with Gasteiger partial charge in [0.2, 0.25) is 0 Å². The van der Waals surface area contributed by atoms with E-state index in [0.29, 0.717) is 5.56 Å². The van der Waals surface area contributed by atoms with Crippen molar-refractivity contribution in [2.75, 3.05) is 0 Å². The van der Waals surface area contributed by atoms with Gasteiger partial charge in [-0.1, -0.05) is 31.5 Å². The molecule has 0 spiro atoms. The SMILES string of the molecule is CCC[CH]c1ccccc1F. The Labute approximate surface area is 67.1 Å². The fourth-order valence-electron chi connectivity index (χ4n) is 0.940. The average molecular weight is 151 g/mol. The highest BCUT2D eigenvalue weighted by Crippen LogP contribution is 2.11. The van der Waals surface area contributed by atoms with E-state index in [1.165, 1.54) is 6.07 Å². The predicted octanol–water partition coefficient (Wildman–Crippen LogP) is 3.18. The molecule has 0 aliphatic rings. The Morgan fingerprint density at radius 2 is 2.09 bits per heavy atom. The second-order valence-electron chi connectivity index (χ2n) is 2.51. The summed E-state index contributed by atoms with van der Waals surface area (Å²) in [6, 6.07) is 6.84. The van der Waals surface area contributed by atoms with Crippen LogP contribution in [0, 0.1) is 12.2 Å². The molecule has 0 aliphatic carbocycles. The molecule has 0 nitrogen and oxygen atoms in total. The van der Waals surface area contributed by atoms with Gasteiger partial charge in [-0.05, 0) is 24.5 Å². The highest BCUT2D eigenvalue weighted by molar-refractivity contribution is 5.24. The van der Waals surface area contributed by atoms with Crippen molar-refractivity contribution in [2.45, 2.75) is 19.8 Å². The van der Waals surface area contributed by atoms with Gasteiger partial charge in [-0.25, -0.2) is 4.39 Å². The van der Waals surface area contributed by atoms with Gasteiger partial charge in [0, 0.05) is 0 Å². The van der Waals surface area contributed by atoms with Crippen molar-refractivity contribution < 1.29 is 4.39 Å². The molecule has 59 valence electrons. The van der Waals surface area contributed by atoms with E-state index >= 15 is 0 Å². The van der Waals surface area contributed by atoms with E-state index in [1.54, 1.807) is 12.1 Å². The summed E-state index contributed by atoms with van der Waals surface area (Å²) in [6.07, 6.45) is 3.94. The Morgan fingerprint density at radius 3 is 2.73 bits per heavy atom. The summed E-state index contributed by atoms with van der Waals surface area (Å²) in [4.78, 5) is 0. The lowest BCUT2D eigenvalue weighted by molar-refractivity contribution is 0.618. The van der Waals surface area contributed by atoms with Crippen molar-refractivity contribution in [3.05, 3.63) is 42.1 Å². The largest absolute Gasteiger partial charge is 0.207 e. The Bertz CT molecular complexity index is 218. The molecule has 1 heteroatoms. The summed E-state index contributed by atoms with van der Waals surface area (Å²) in [6.45, 7) is 2.08. The quantitative estimate of drug-likeness (QED) is 0.622. The van der Waals surface area contributed by atoms with Crippen LogP contribution in [0.25, 0.3) is 0 Å². The maximum atomic E-state index is 12.9. The lowest BCUT2D eigenvalue weighted by Gasteiger charge is -1.99. The second-order valence-corrected chi connectivity index (χ2v) is 2.51. The molecule has 0 saturated carbocycles. The molecular formula is C10H12F. The highest BCUT2D eigenvalue weighted by Gasteiger charge is 1.98. The Kier molecular flexibility index (Phi) is 3.09. The third kappa shape index (κ3) is 2.34. The molecule has 0 atom stereocenters. The second kappa shape index (κ2) is 4.12. The molecular weight excluding hydrogens is 139 g/mol. The van der Waals surface area contributed by atoms with E-state index in [4.69, 9.17) is 0 Å². The smallest absolute Gasteiger partial charge is 0.126 e. The van der Waals surface area contributed by atoms with Crippen LogP contribution in [-0.2, 0) is 0 Å². The molecule has 0 bridgehead atoms. The van der Waals surface area contributed by atoms with Crippen LogP contribution < -0.4 is 0 Å². The molecule has 0 N–H and O–H groups in total. The molecule has 1 aromatic carbocycles. The molecule has 0 fully saturated rings. The number of halogens is 1. The third-order valence-electron chi connectivity index (χ3n) is 1.56. The van der Waals surface area contributed by atoms with E-state index in [9.17, 15) is 4.39 Å². The zero-order chi connectivity index (χ0) is 8.10. The van der Waals surface area contributed by atoms with E-state index < -0.39 is 0 Å². The summed E-state index contributed by atoms with van der Waals surface area (Å²) in [5.74, 6) is -0.124. The normalized spacial score (nSPS) is 10.0. The third-order valence-corrected chi connectivity index (χ3v) is 1.56. The summed E-state index contributed by atoms with van der Waals surface area (Å²) >= 11 is 0. The topological polar surface area (TPSA) is 0 Å². The van der Waals surface area contributed by atoms with Gasteiger partial charge in [-0.15, -0.1) is 0 Å². The van der Waals surface area contributed by atoms with Gasteiger partial charge in [0.1, 0.15) is 5.82 Å². The van der Waals surface area contributed by atoms with Gasteiger partial charge in [0.25, 0.3) is 0 Å². The molecule has 0 aliphatic heterocycles. The lowest BCUT2D eigenvalue weighted by Crippen LogP contribution is -1.86. The van der Waals surface area contributed by atoms with Crippen molar-refractivity contribution in [1.82, 2.24) is 0 Å². The first kappa shape index (κ1) is 8.25. The van der Waals surface area contributed by atoms with E-state index in [2.05, 4.69) is 6.92 Å². The summed E-state index contributed by atoms with van der Waals surface area (Å²) in [5, 5.41) is 0. The van der Waals surface area contributed by atoms with Crippen molar-refractivity contribution in [3.8, 4) is 0 Å². The average Bonchev–Trinajstić information content (AvgIpc) is 2.03. The summed E-state index contributed by atoms with van der Waals surface area (Å²) < 4.78 is 12.9. The molecule has 1 aromatic rings. The maximum Gasteiger partial charge on any atom is 0.126 e. The maximum absolute atomic E-state index is 12.9. The minimum Gasteiger partial charge on any atom is -0.207 e.